The number of rotatable bonds is 2. The van der Waals surface area contributed by atoms with E-state index in [1.807, 2.05) is 0 Å². The quantitative estimate of drug-likeness (QED) is 0.760. The van der Waals surface area contributed by atoms with E-state index < -0.39 is 0 Å². The van der Waals surface area contributed by atoms with Crippen molar-refractivity contribution in [1.29, 1.82) is 0 Å². The van der Waals surface area contributed by atoms with Crippen molar-refractivity contribution in [2.45, 2.75) is 26.7 Å². The molecule has 0 aliphatic carbocycles. The van der Waals surface area contributed by atoms with Gasteiger partial charge in [0, 0.05) is 8.95 Å². The Bertz CT molecular complexity index is 250. The second-order valence-corrected chi connectivity index (χ2v) is 4.45. The molecular formula is C10H12Br2. The lowest BCUT2D eigenvalue weighted by atomic mass is 10.0. The average molecular weight is 292 g/mol. The first-order valence-corrected chi connectivity index (χ1v) is 5.74. The van der Waals surface area contributed by atoms with Crippen molar-refractivity contribution in [1.82, 2.24) is 0 Å². The molecule has 0 amide bonds. The van der Waals surface area contributed by atoms with Gasteiger partial charge >= 0.3 is 0 Å². The third-order valence-electron chi connectivity index (χ3n) is 2.00. The Kier molecular flexibility index (Phi) is 3.78. The third kappa shape index (κ3) is 2.11. The molecule has 0 radical (unpaired) electrons. The van der Waals surface area contributed by atoms with Gasteiger partial charge in [-0.1, -0.05) is 13.8 Å². The summed E-state index contributed by atoms with van der Waals surface area (Å²) in [6, 6.07) is 4.39. The van der Waals surface area contributed by atoms with Crippen molar-refractivity contribution in [3.05, 3.63) is 32.2 Å². The summed E-state index contributed by atoms with van der Waals surface area (Å²) in [5.74, 6) is 0. The van der Waals surface area contributed by atoms with E-state index in [0.717, 1.165) is 21.8 Å². The molecule has 0 unspecified atom stereocenters. The fourth-order valence-electron chi connectivity index (χ4n) is 1.29. The molecule has 0 aliphatic heterocycles. The zero-order valence-corrected chi connectivity index (χ0v) is 10.5. The van der Waals surface area contributed by atoms with Gasteiger partial charge in [0.05, 0.1) is 0 Å². The topological polar surface area (TPSA) is 0 Å². The van der Waals surface area contributed by atoms with Crippen LogP contribution in [-0.2, 0) is 12.8 Å². The van der Waals surface area contributed by atoms with Gasteiger partial charge in [-0.2, -0.15) is 0 Å². The van der Waals surface area contributed by atoms with Crippen molar-refractivity contribution in [2.24, 2.45) is 0 Å². The molecule has 0 atom stereocenters. The lowest BCUT2D eigenvalue weighted by Gasteiger charge is -2.07. The van der Waals surface area contributed by atoms with Crippen LogP contribution >= 0.6 is 31.9 Å². The number of hydrogen-bond donors (Lipinski definition) is 0. The Morgan fingerprint density at radius 1 is 0.917 bits per heavy atom. The van der Waals surface area contributed by atoms with Gasteiger partial charge in [-0.25, -0.2) is 0 Å². The molecule has 0 aromatic heterocycles. The van der Waals surface area contributed by atoms with E-state index in [-0.39, 0.29) is 0 Å². The largest absolute Gasteiger partial charge is 0.0613 e. The smallest absolute Gasteiger partial charge is 0.0320 e. The van der Waals surface area contributed by atoms with Crippen LogP contribution in [0.25, 0.3) is 0 Å². The second-order valence-electron chi connectivity index (χ2n) is 2.74. The lowest BCUT2D eigenvalue weighted by molar-refractivity contribution is 1.03. The van der Waals surface area contributed by atoms with Gasteiger partial charge in [0.1, 0.15) is 0 Å². The van der Waals surface area contributed by atoms with E-state index in [2.05, 4.69) is 57.8 Å². The van der Waals surface area contributed by atoms with Crippen LogP contribution in [0.1, 0.15) is 25.0 Å². The highest BCUT2D eigenvalue weighted by atomic mass is 79.9. The van der Waals surface area contributed by atoms with Gasteiger partial charge < -0.3 is 0 Å². The van der Waals surface area contributed by atoms with Crippen molar-refractivity contribution in [3.63, 3.8) is 0 Å². The molecule has 12 heavy (non-hydrogen) atoms. The summed E-state index contributed by atoms with van der Waals surface area (Å²) in [7, 11) is 0. The summed E-state index contributed by atoms with van der Waals surface area (Å²) < 4.78 is 2.30. The minimum atomic E-state index is 1.11. The van der Waals surface area contributed by atoms with Crippen LogP contribution < -0.4 is 0 Å². The molecule has 1 rings (SSSR count). The van der Waals surface area contributed by atoms with Gasteiger partial charge in [-0.3, -0.25) is 0 Å². The lowest BCUT2D eigenvalue weighted by Crippen LogP contribution is -1.91. The predicted molar refractivity (Wildman–Crippen MR) is 60.6 cm³/mol. The standard InChI is InChI=1S/C10H12Br2/c1-3-7-5-9(11)10(12)6-8(7)4-2/h5-6H,3-4H2,1-2H3. The molecule has 2 heteroatoms. The van der Waals surface area contributed by atoms with E-state index in [1.165, 1.54) is 11.1 Å². The second kappa shape index (κ2) is 4.43. The number of aryl methyl sites for hydroxylation is 2. The summed E-state index contributed by atoms with van der Waals surface area (Å²) in [6.07, 6.45) is 2.21. The van der Waals surface area contributed by atoms with Gasteiger partial charge in [0.2, 0.25) is 0 Å². The molecule has 66 valence electrons. The Hall–Kier alpha value is 0.180. The third-order valence-corrected chi connectivity index (χ3v) is 3.85. The van der Waals surface area contributed by atoms with Crippen LogP contribution in [0.3, 0.4) is 0 Å². The first-order valence-electron chi connectivity index (χ1n) is 4.15. The maximum Gasteiger partial charge on any atom is 0.0320 e. The molecule has 0 spiro atoms. The predicted octanol–water partition coefficient (Wildman–Crippen LogP) is 4.34. The molecule has 0 saturated heterocycles. The fraction of sp³-hybridized carbons (Fsp3) is 0.400. The molecular weight excluding hydrogens is 280 g/mol. The zero-order chi connectivity index (χ0) is 9.14. The van der Waals surface area contributed by atoms with Gasteiger partial charge in [0.25, 0.3) is 0 Å². The molecule has 0 N–H and O–H groups in total. The monoisotopic (exact) mass is 290 g/mol. The van der Waals surface area contributed by atoms with E-state index in [0.29, 0.717) is 0 Å². The van der Waals surface area contributed by atoms with Crippen molar-refractivity contribution < 1.29 is 0 Å². The molecule has 1 aromatic carbocycles. The molecule has 0 aliphatic rings. The Labute approximate surface area is 90.6 Å². The molecule has 0 heterocycles. The first-order chi connectivity index (χ1) is 5.69. The first kappa shape index (κ1) is 10.3. The highest BCUT2D eigenvalue weighted by molar-refractivity contribution is 9.13. The molecule has 0 bridgehead atoms. The van der Waals surface area contributed by atoms with E-state index in [9.17, 15) is 0 Å². The van der Waals surface area contributed by atoms with E-state index >= 15 is 0 Å². The highest BCUT2D eigenvalue weighted by Gasteiger charge is 2.03. The van der Waals surface area contributed by atoms with Crippen molar-refractivity contribution in [2.75, 3.05) is 0 Å². The Morgan fingerprint density at radius 2 is 1.25 bits per heavy atom. The van der Waals surface area contributed by atoms with Crippen LogP contribution in [0.2, 0.25) is 0 Å². The number of benzene rings is 1. The molecule has 0 saturated carbocycles. The molecule has 1 aromatic rings. The summed E-state index contributed by atoms with van der Waals surface area (Å²) in [5.41, 5.74) is 2.88. The van der Waals surface area contributed by atoms with Gasteiger partial charge in [0.15, 0.2) is 0 Å². The SMILES string of the molecule is CCc1cc(Br)c(Br)cc1CC. The van der Waals surface area contributed by atoms with Crippen LogP contribution in [0.4, 0.5) is 0 Å². The van der Waals surface area contributed by atoms with E-state index in [1.54, 1.807) is 0 Å². The minimum absolute atomic E-state index is 1.11. The summed E-state index contributed by atoms with van der Waals surface area (Å²) in [6.45, 7) is 4.38. The maximum absolute atomic E-state index is 3.50. The average Bonchev–Trinajstić information content (AvgIpc) is 2.09. The minimum Gasteiger partial charge on any atom is -0.0613 e. The van der Waals surface area contributed by atoms with Gasteiger partial charge in [-0.15, -0.1) is 0 Å². The summed E-state index contributed by atoms with van der Waals surface area (Å²) in [4.78, 5) is 0. The Morgan fingerprint density at radius 3 is 1.50 bits per heavy atom. The zero-order valence-electron chi connectivity index (χ0n) is 7.32. The summed E-state index contributed by atoms with van der Waals surface area (Å²) in [5, 5.41) is 0. The van der Waals surface area contributed by atoms with Gasteiger partial charge in [-0.05, 0) is 68.0 Å². The van der Waals surface area contributed by atoms with Crippen LogP contribution in [0.5, 0.6) is 0 Å². The fourth-order valence-corrected chi connectivity index (χ4v) is 2.07. The molecule has 0 nitrogen and oxygen atoms in total. The van der Waals surface area contributed by atoms with Crippen molar-refractivity contribution >= 4 is 31.9 Å². The van der Waals surface area contributed by atoms with Crippen LogP contribution in [0, 0.1) is 0 Å². The van der Waals surface area contributed by atoms with Crippen molar-refractivity contribution in [3.8, 4) is 0 Å². The number of hydrogen-bond acceptors (Lipinski definition) is 0. The highest BCUT2D eigenvalue weighted by Crippen LogP contribution is 2.27. The Balaban J connectivity index is 3.19. The normalized spacial score (nSPS) is 10.3. The van der Waals surface area contributed by atoms with E-state index in [4.69, 9.17) is 0 Å². The molecule has 0 fully saturated rings. The maximum atomic E-state index is 3.50. The van der Waals surface area contributed by atoms with Crippen LogP contribution in [0.15, 0.2) is 21.1 Å². The number of halogens is 2. The van der Waals surface area contributed by atoms with Crippen LogP contribution in [-0.4, -0.2) is 0 Å². The summed E-state index contributed by atoms with van der Waals surface area (Å²) >= 11 is 7.01.